The summed E-state index contributed by atoms with van der Waals surface area (Å²) in [6, 6.07) is 8.29. The highest BCUT2D eigenvalue weighted by Crippen LogP contribution is 2.36. The molecule has 0 radical (unpaired) electrons. The van der Waals surface area contributed by atoms with Crippen molar-refractivity contribution in [2.24, 2.45) is 4.99 Å². The Morgan fingerprint density at radius 3 is 2.33 bits per heavy atom. The summed E-state index contributed by atoms with van der Waals surface area (Å²) in [5.41, 5.74) is -2.85. The van der Waals surface area contributed by atoms with Gasteiger partial charge in [0.15, 0.2) is 5.82 Å². The fourth-order valence-electron chi connectivity index (χ4n) is 3.52. The van der Waals surface area contributed by atoms with Crippen molar-refractivity contribution in [2.45, 2.75) is 51.2 Å². The van der Waals surface area contributed by atoms with Crippen molar-refractivity contribution in [3.8, 4) is 11.1 Å². The quantitative estimate of drug-likeness (QED) is 0.341. The molecule has 0 saturated carbocycles. The predicted molar refractivity (Wildman–Crippen MR) is 116 cm³/mol. The molecule has 0 aromatic heterocycles. The summed E-state index contributed by atoms with van der Waals surface area (Å²) in [4.78, 5) is 16.7. The van der Waals surface area contributed by atoms with Gasteiger partial charge in [-0.1, -0.05) is 41.9 Å². The number of benzene rings is 2. The van der Waals surface area contributed by atoms with Crippen molar-refractivity contribution in [3.63, 3.8) is 0 Å². The molecule has 0 bridgehead atoms. The fraction of sp³-hybridized carbons (Fsp3) is 0.391. The maximum atomic E-state index is 15.2. The zero-order valence-corrected chi connectivity index (χ0v) is 18.8. The third-order valence-electron chi connectivity index (χ3n) is 4.87. The van der Waals surface area contributed by atoms with Crippen molar-refractivity contribution in [1.82, 2.24) is 4.90 Å². The van der Waals surface area contributed by atoms with Crippen LogP contribution in [-0.2, 0) is 4.74 Å². The molecule has 1 saturated heterocycles. The molecule has 2 aromatic carbocycles. The molecule has 4 nitrogen and oxygen atoms in total. The van der Waals surface area contributed by atoms with Crippen LogP contribution in [0.5, 0.6) is 0 Å². The lowest BCUT2D eigenvalue weighted by atomic mass is 10.0. The van der Waals surface area contributed by atoms with Gasteiger partial charge in [0.1, 0.15) is 17.5 Å². The second-order valence-corrected chi connectivity index (χ2v) is 9.00. The molecule has 0 spiro atoms. The van der Waals surface area contributed by atoms with E-state index in [0.717, 1.165) is 6.07 Å². The lowest BCUT2D eigenvalue weighted by Gasteiger charge is -2.29. The number of carbonyl (C=O) groups is 1. The molecular weight excluding hydrogens is 467 g/mol. The summed E-state index contributed by atoms with van der Waals surface area (Å²) in [5, 5.41) is 0.209. The van der Waals surface area contributed by atoms with Crippen LogP contribution in [0.1, 0.15) is 27.2 Å². The van der Waals surface area contributed by atoms with Gasteiger partial charge in [-0.15, -0.1) is 0 Å². The van der Waals surface area contributed by atoms with E-state index in [4.69, 9.17) is 16.3 Å². The van der Waals surface area contributed by atoms with E-state index in [9.17, 15) is 22.4 Å². The number of alkyl halides is 4. The SMILES string of the molecule is CC(C)(C)OC(=O)N1C[C@H](F)C[C@H]1C(=Nc1cccc(-c2ccccc2Cl)c1F)C(F)(F)F. The van der Waals surface area contributed by atoms with Gasteiger partial charge in [-0.25, -0.2) is 18.6 Å². The third-order valence-corrected chi connectivity index (χ3v) is 5.20. The topological polar surface area (TPSA) is 41.9 Å². The van der Waals surface area contributed by atoms with Gasteiger partial charge in [0, 0.05) is 22.6 Å². The Labute approximate surface area is 193 Å². The first-order valence-electron chi connectivity index (χ1n) is 10.1. The number of ether oxygens (including phenoxy) is 1. The van der Waals surface area contributed by atoms with E-state index < -0.39 is 60.3 Å². The van der Waals surface area contributed by atoms with Gasteiger partial charge in [-0.3, -0.25) is 4.90 Å². The molecule has 2 aromatic rings. The molecule has 1 heterocycles. The van der Waals surface area contributed by atoms with E-state index in [2.05, 4.69) is 4.99 Å². The van der Waals surface area contributed by atoms with Gasteiger partial charge in [0.05, 0.1) is 18.3 Å². The van der Waals surface area contributed by atoms with Crippen molar-refractivity contribution < 1.29 is 31.5 Å². The third kappa shape index (κ3) is 5.82. The molecule has 1 aliphatic rings. The first-order chi connectivity index (χ1) is 15.3. The Morgan fingerprint density at radius 2 is 1.73 bits per heavy atom. The van der Waals surface area contributed by atoms with Crippen LogP contribution in [0.25, 0.3) is 11.1 Å². The number of hydrogen-bond acceptors (Lipinski definition) is 3. The monoisotopic (exact) mass is 488 g/mol. The van der Waals surface area contributed by atoms with Gasteiger partial charge in [0.25, 0.3) is 0 Å². The Hall–Kier alpha value is -2.68. The standard InChI is InChI=1S/C23H22ClF5N2O2/c1-22(2,3)33-21(32)31-12-13(25)11-18(31)20(23(27,28)29)30-17-10-6-8-15(19(17)26)14-7-4-5-9-16(14)24/h4-10,13,18H,11-12H2,1-3H3/t13-,18+/m1/s1. The Bertz CT molecular complexity index is 1070. The fourth-order valence-corrected chi connectivity index (χ4v) is 3.75. The lowest BCUT2D eigenvalue weighted by Crippen LogP contribution is -2.47. The summed E-state index contributed by atoms with van der Waals surface area (Å²) in [5.74, 6) is -1.02. The molecule has 33 heavy (non-hydrogen) atoms. The summed E-state index contributed by atoms with van der Waals surface area (Å²) < 4.78 is 76.5. The van der Waals surface area contributed by atoms with E-state index in [0.29, 0.717) is 4.90 Å². The molecule has 0 N–H and O–H groups in total. The van der Waals surface area contributed by atoms with Crippen LogP contribution >= 0.6 is 11.6 Å². The molecular formula is C23H22ClF5N2O2. The summed E-state index contributed by atoms with van der Waals surface area (Å²) in [6.07, 6.45) is -8.50. The van der Waals surface area contributed by atoms with Crippen LogP contribution in [0.15, 0.2) is 47.5 Å². The van der Waals surface area contributed by atoms with Gasteiger partial charge in [0.2, 0.25) is 0 Å². The average Bonchev–Trinajstić information content (AvgIpc) is 3.07. The van der Waals surface area contributed by atoms with Crippen molar-refractivity contribution in [3.05, 3.63) is 53.3 Å². The molecule has 0 aliphatic carbocycles. The number of likely N-dealkylation sites (tertiary alicyclic amines) is 1. The highest BCUT2D eigenvalue weighted by atomic mass is 35.5. The second kappa shape index (κ2) is 9.29. The van der Waals surface area contributed by atoms with Gasteiger partial charge >= 0.3 is 12.3 Å². The summed E-state index contributed by atoms with van der Waals surface area (Å²) in [7, 11) is 0. The molecule has 3 rings (SSSR count). The first kappa shape index (κ1) is 25.0. The molecule has 1 fully saturated rings. The van der Waals surface area contributed by atoms with Crippen LogP contribution < -0.4 is 0 Å². The minimum Gasteiger partial charge on any atom is -0.444 e. The van der Waals surface area contributed by atoms with Crippen LogP contribution in [0.2, 0.25) is 5.02 Å². The largest absolute Gasteiger partial charge is 0.444 e. The number of nitrogens with zero attached hydrogens (tertiary/aromatic N) is 2. The second-order valence-electron chi connectivity index (χ2n) is 8.59. The highest BCUT2D eigenvalue weighted by Gasteiger charge is 2.49. The van der Waals surface area contributed by atoms with Crippen LogP contribution in [-0.4, -0.2) is 47.2 Å². The Morgan fingerprint density at radius 1 is 1.09 bits per heavy atom. The smallest absolute Gasteiger partial charge is 0.431 e. The maximum absolute atomic E-state index is 15.2. The number of aliphatic imine (C=N–C) groups is 1. The minimum absolute atomic E-state index is 0.0397. The minimum atomic E-state index is -5.05. The number of amides is 1. The highest BCUT2D eigenvalue weighted by molar-refractivity contribution is 6.33. The normalized spacial score (nSPS) is 19.7. The van der Waals surface area contributed by atoms with Crippen molar-refractivity contribution in [1.29, 1.82) is 0 Å². The lowest BCUT2D eigenvalue weighted by molar-refractivity contribution is -0.0636. The van der Waals surface area contributed by atoms with E-state index in [-0.39, 0.29) is 16.1 Å². The van der Waals surface area contributed by atoms with E-state index in [1.807, 2.05) is 0 Å². The summed E-state index contributed by atoms with van der Waals surface area (Å²) >= 11 is 6.11. The molecule has 0 unspecified atom stereocenters. The molecule has 1 aliphatic heterocycles. The number of halogens is 6. The number of rotatable bonds is 3. The Balaban J connectivity index is 2.07. The Kier molecular flexibility index (Phi) is 7.02. The van der Waals surface area contributed by atoms with E-state index in [1.54, 1.807) is 12.1 Å². The molecule has 2 atom stereocenters. The van der Waals surface area contributed by atoms with Crippen molar-refractivity contribution in [2.75, 3.05) is 6.54 Å². The van der Waals surface area contributed by atoms with Crippen LogP contribution in [0.4, 0.5) is 32.4 Å². The van der Waals surface area contributed by atoms with Gasteiger partial charge in [-0.2, -0.15) is 13.2 Å². The number of carbonyl (C=O) groups excluding carboxylic acids is 1. The molecule has 1 amide bonds. The van der Waals surface area contributed by atoms with E-state index in [1.165, 1.54) is 45.0 Å². The van der Waals surface area contributed by atoms with Gasteiger partial charge < -0.3 is 4.74 Å². The zero-order chi connectivity index (χ0) is 24.6. The van der Waals surface area contributed by atoms with Crippen LogP contribution in [0, 0.1) is 5.82 Å². The molecule has 10 heteroatoms. The van der Waals surface area contributed by atoms with Gasteiger partial charge in [-0.05, 0) is 32.9 Å². The molecule has 178 valence electrons. The predicted octanol–water partition coefficient (Wildman–Crippen LogP) is 7.13. The van der Waals surface area contributed by atoms with E-state index >= 15 is 4.39 Å². The zero-order valence-electron chi connectivity index (χ0n) is 18.1. The van der Waals surface area contributed by atoms with Crippen molar-refractivity contribution >= 4 is 29.1 Å². The number of hydrogen-bond donors (Lipinski definition) is 0. The maximum Gasteiger partial charge on any atom is 0.431 e. The summed E-state index contributed by atoms with van der Waals surface area (Å²) in [6.45, 7) is 4.03. The average molecular weight is 489 g/mol. The first-order valence-corrected chi connectivity index (χ1v) is 10.5. The van der Waals surface area contributed by atoms with Crippen LogP contribution in [0.3, 0.4) is 0 Å².